The Morgan fingerprint density at radius 3 is 1.38 bits per heavy atom. The first-order chi connectivity index (χ1) is 60.2. The van der Waals surface area contributed by atoms with Crippen molar-refractivity contribution in [2.24, 2.45) is 0 Å². The molecule has 0 radical (unpaired) electrons. The van der Waals surface area contributed by atoms with E-state index >= 15 is 0 Å². The Kier molecular flexibility index (Phi) is 24.3. The van der Waals surface area contributed by atoms with Gasteiger partial charge in [-0.2, -0.15) is 10.2 Å². The minimum atomic E-state index is -3.52. The summed E-state index contributed by atoms with van der Waals surface area (Å²) in [6.45, 7) is 3.61. The second-order valence-corrected chi connectivity index (χ2v) is 33.4. The number of pyridine rings is 3. The maximum absolute atomic E-state index is 12.0. The highest BCUT2D eigenvalue weighted by atomic mass is 32.2. The molecule has 5 N–H and O–H groups in total. The van der Waals surface area contributed by atoms with Crippen LogP contribution in [0.4, 0.5) is 23.3 Å². The van der Waals surface area contributed by atoms with Crippen LogP contribution in [0.1, 0.15) is 78.3 Å². The third-order valence-electron chi connectivity index (χ3n) is 20.9. The topological polar surface area (TPSA) is 340 Å². The zero-order valence-corrected chi connectivity index (χ0v) is 68.9. The molecule has 1 aliphatic carbocycles. The van der Waals surface area contributed by atoms with Gasteiger partial charge in [-0.05, 0) is 113 Å². The Hall–Kier alpha value is -14.9. The monoisotopic (exact) mass is 1670 g/mol. The van der Waals surface area contributed by atoms with Crippen molar-refractivity contribution >= 4 is 70.6 Å². The molecule has 1 fully saturated rings. The number of aromatic nitrogens is 19. The van der Waals surface area contributed by atoms with Crippen molar-refractivity contribution in [3.8, 4) is 67.8 Å². The van der Waals surface area contributed by atoms with Gasteiger partial charge in [0.1, 0.15) is 33.5 Å². The van der Waals surface area contributed by atoms with Crippen molar-refractivity contribution in [2.45, 2.75) is 80.5 Å². The van der Waals surface area contributed by atoms with E-state index in [4.69, 9.17) is 29.8 Å². The summed E-state index contributed by atoms with van der Waals surface area (Å²) < 4.78 is 60.8. The molecule has 20 rings (SSSR count). The van der Waals surface area contributed by atoms with Crippen LogP contribution in [-0.2, 0) is 50.6 Å². The van der Waals surface area contributed by atoms with Crippen LogP contribution in [0, 0.1) is 0 Å². The molecule has 5 aromatic carbocycles. The van der Waals surface area contributed by atoms with Crippen LogP contribution in [0.2, 0.25) is 0 Å². The number of nitrogens with zero attached hydrogens (tertiary/aromatic N) is 18. The van der Waals surface area contributed by atoms with E-state index in [1.165, 1.54) is 67.4 Å². The van der Waals surface area contributed by atoms with Crippen LogP contribution in [0.15, 0.2) is 309 Å². The van der Waals surface area contributed by atoms with E-state index in [-0.39, 0.29) is 21.4 Å². The van der Waals surface area contributed by atoms with E-state index in [2.05, 4.69) is 157 Å². The van der Waals surface area contributed by atoms with Gasteiger partial charge in [0.2, 0.25) is 5.82 Å². The Bertz CT molecular complexity index is 6930. The second-order valence-electron chi connectivity index (χ2n) is 29.4. The summed E-state index contributed by atoms with van der Waals surface area (Å²) >= 11 is 0. The van der Waals surface area contributed by atoms with Crippen molar-refractivity contribution in [2.75, 3.05) is 47.0 Å². The number of benzene rings is 5. The number of hydrogen-bond donors (Lipinski definition) is 5. The van der Waals surface area contributed by atoms with Gasteiger partial charge in [0.05, 0.1) is 55.0 Å². The van der Waals surface area contributed by atoms with Gasteiger partial charge < -0.3 is 26.0 Å². The van der Waals surface area contributed by atoms with Crippen LogP contribution in [0.25, 0.3) is 95.4 Å². The molecule has 0 atom stereocenters. The molecule has 614 valence electrons. The van der Waals surface area contributed by atoms with Gasteiger partial charge in [-0.1, -0.05) is 189 Å². The van der Waals surface area contributed by atoms with Gasteiger partial charge in [0.25, 0.3) is 0 Å². The van der Waals surface area contributed by atoms with E-state index in [9.17, 15) is 16.8 Å². The normalized spacial score (nSPS) is 12.9. The Morgan fingerprint density at radius 1 is 0.423 bits per heavy atom. The lowest BCUT2D eigenvalue weighted by Crippen LogP contribution is -2.14. The first kappa shape index (κ1) is 80.5. The molecule has 30 heteroatoms. The van der Waals surface area contributed by atoms with E-state index in [0.717, 1.165) is 121 Å². The van der Waals surface area contributed by atoms with Crippen LogP contribution in [-0.4, -0.2) is 136 Å². The van der Waals surface area contributed by atoms with Gasteiger partial charge in [-0.25, -0.2) is 59.8 Å². The summed E-state index contributed by atoms with van der Waals surface area (Å²) in [6, 6.07) is 74.4. The zero-order chi connectivity index (χ0) is 83.9. The second kappa shape index (κ2) is 37.2. The van der Waals surface area contributed by atoms with Crippen molar-refractivity contribution in [3.05, 3.63) is 333 Å². The number of sulfone groups is 2. The molecule has 1 saturated carbocycles. The fraction of sp³-hybridized carbons (Fsp3) is 0.161. The minimum absolute atomic E-state index is 0.128. The standard InChI is InChI=1S/C25H26N4.C24H23N5O3S.C23H19N7O2S.C21H17N7/c1-4-10-19(11-5-1)18-26-25-23-22(20-12-6-2-7-13-20)16-17-29(23)28-24(27-25)21-14-8-3-9-15-21;1-33(30,31)20-13-19(15-25-16-20)23-27-24(26-14-17-5-3-2-4-6-17)22-21(7-10-29(22)28-23)18-8-11-32-12-9-18;1-33(31,32)20-15-24-14-19(27-20)22-28-23(26-13-17-9-5-6-11-25-17)21-18(10-12-30(21)29-22)16-7-3-2-4-8-16;1-2-6-15(7-3-1)17-10-13-28-19(17)21(23-14-16-8-4-5-11-22-16)25-20(27-28)18-9-12-24-26-18/h1-2,4-7,10-13,16-17,21H,3,8-9,14-15,18H2,(H,26,27,28);2-8,10,13,15-16H,9,11-12,14H2,1H3,(H,26,27,28);2-12,14-15H,13H2,1H3,(H,26,28,29);1-13H,14H2,(H,24,26)(H,23,25,27). The lowest BCUT2D eigenvalue weighted by atomic mass is 9.89. The number of nitrogens with one attached hydrogen (secondary N) is 5. The SMILES string of the molecule is CS(=O)(=O)c1cncc(-c2nc(NCc3ccccc3)c3c(C4=CCOCC4)ccn3n2)c1.CS(=O)(=O)c1cncc(-c2nc(NCc3ccccn3)c3c(-c4ccccc4)ccn3n2)n1.c1ccc(-c2ccn3nc(-c4ccn[nH]4)nc(NCc4ccccn4)c23)cc1.c1ccc(CNc2nc(C3CCCCC3)nn3ccc(-c4ccccc4)c23)cc1. The molecule has 2 aliphatic rings. The summed E-state index contributed by atoms with van der Waals surface area (Å²) in [6.07, 6.45) is 29.9. The number of hydrogen-bond acceptors (Lipinski definition) is 23. The van der Waals surface area contributed by atoms with Crippen LogP contribution in [0.3, 0.4) is 0 Å². The van der Waals surface area contributed by atoms with E-state index < -0.39 is 19.7 Å². The lowest BCUT2D eigenvalue weighted by molar-refractivity contribution is 0.161. The third-order valence-corrected chi connectivity index (χ3v) is 22.9. The number of H-pyrrole nitrogens is 1. The highest BCUT2D eigenvalue weighted by Gasteiger charge is 2.25. The molecule has 0 amide bonds. The van der Waals surface area contributed by atoms with Gasteiger partial charge >= 0.3 is 0 Å². The van der Waals surface area contributed by atoms with E-state index in [1.807, 2.05) is 173 Å². The molecule has 0 spiro atoms. The maximum atomic E-state index is 12.0. The minimum Gasteiger partial charge on any atom is -0.377 e. The number of ether oxygens (including phenoxy) is 1. The maximum Gasteiger partial charge on any atom is 0.202 e. The third kappa shape index (κ3) is 19.2. The molecule has 18 aromatic rings. The summed E-state index contributed by atoms with van der Waals surface area (Å²) in [5.74, 6) is 5.56. The van der Waals surface area contributed by atoms with Crippen molar-refractivity contribution in [1.29, 1.82) is 0 Å². The quantitative estimate of drug-likeness (QED) is 0.0421. The van der Waals surface area contributed by atoms with Crippen LogP contribution < -0.4 is 21.3 Å². The molecule has 0 bridgehead atoms. The summed E-state index contributed by atoms with van der Waals surface area (Å²) in [4.78, 5) is 40.5. The van der Waals surface area contributed by atoms with E-state index in [0.29, 0.717) is 67.6 Å². The fourth-order valence-corrected chi connectivity index (χ4v) is 15.9. The van der Waals surface area contributed by atoms with Gasteiger partial charge in [-0.3, -0.25) is 25.0 Å². The van der Waals surface area contributed by atoms with Crippen LogP contribution in [0.5, 0.6) is 0 Å². The van der Waals surface area contributed by atoms with Crippen LogP contribution >= 0.6 is 0 Å². The molecule has 13 aromatic heterocycles. The number of anilines is 4. The summed E-state index contributed by atoms with van der Waals surface area (Å²) in [7, 11) is -6.93. The molecular formula is C93H85N23O5S2. The summed E-state index contributed by atoms with van der Waals surface area (Å²) in [5, 5.41) is 39.5. The predicted octanol–water partition coefficient (Wildman–Crippen LogP) is 16.7. The Labute approximate surface area is 709 Å². The van der Waals surface area contributed by atoms with Gasteiger partial charge in [0.15, 0.2) is 65.4 Å². The number of fused-ring (bicyclic) bond motifs is 4. The van der Waals surface area contributed by atoms with Gasteiger partial charge in [0, 0.05) is 115 Å². The predicted molar refractivity (Wildman–Crippen MR) is 476 cm³/mol. The summed E-state index contributed by atoms with van der Waals surface area (Å²) in [5.41, 5.74) is 18.1. The van der Waals surface area contributed by atoms with Crippen molar-refractivity contribution in [3.63, 3.8) is 0 Å². The highest BCUT2D eigenvalue weighted by Crippen LogP contribution is 2.38. The molecule has 1 aliphatic heterocycles. The molecular weight excluding hydrogens is 1580 g/mol. The number of rotatable bonds is 22. The molecule has 28 nitrogen and oxygen atoms in total. The first-order valence-corrected chi connectivity index (χ1v) is 44.0. The molecule has 14 heterocycles. The Morgan fingerprint density at radius 2 is 0.886 bits per heavy atom. The smallest absolute Gasteiger partial charge is 0.202 e. The Balaban J connectivity index is 0.000000117. The van der Waals surface area contributed by atoms with E-state index in [1.54, 1.807) is 39.9 Å². The largest absolute Gasteiger partial charge is 0.377 e. The number of aromatic amines is 1. The van der Waals surface area contributed by atoms with Gasteiger partial charge in [-0.15, -0.1) is 15.3 Å². The molecule has 0 unspecified atom stereocenters. The van der Waals surface area contributed by atoms with Crippen molar-refractivity contribution in [1.82, 2.24) is 93.5 Å². The lowest BCUT2D eigenvalue weighted by Gasteiger charge is -2.21. The average molecular weight is 1670 g/mol. The van der Waals surface area contributed by atoms with Crippen molar-refractivity contribution < 1.29 is 21.6 Å². The molecule has 0 saturated heterocycles. The first-order valence-electron chi connectivity index (χ1n) is 40.3. The fourth-order valence-electron chi connectivity index (χ4n) is 14.7. The molecule has 123 heavy (non-hydrogen) atoms. The average Bonchev–Trinajstić information content (AvgIpc) is 1.66. The highest BCUT2D eigenvalue weighted by molar-refractivity contribution is 7.91. The zero-order valence-electron chi connectivity index (χ0n) is 67.3.